The number of rotatable bonds is 18. The van der Waals surface area contributed by atoms with Crippen LogP contribution in [0.15, 0.2) is 36.7 Å². The van der Waals surface area contributed by atoms with Gasteiger partial charge in [-0.3, -0.25) is 4.68 Å². The number of aromatic nitrogens is 4. The first-order valence-corrected chi connectivity index (χ1v) is 18.4. The van der Waals surface area contributed by atoms with Gasteiger partial charge in [-0.2, -0.15) is 5.10 Å². The lowest BCUT2D eigenvalue weighted by atomic mass is 9.91. The molecule has 0 N–H and O–H groups in total. The van der Waals surface area contributed by atoms with Gasteiger partial charge in [-0.25, -0.2) is 9.78 Å². The molecule has 1 aromatic carbocycles. The molecule has 1 atom stereocenters. The van der Waals surface area contributed by atoms with Crippen molar-refractivity contribution in [1.82, 2.24) is 19.3 Å². The molecule has 3 heterocycles. The zero-order valence-corrected chi connectivity index (χ0v) is 31.4. The normalized spacial score (nSPS) is 12.6. The molecule has 0 unspecified atom stereocenters. The smallest absolute Gasteiger partial charge is 0.340 e. The number of unbranched alkanes of at least 4 members (excludes halogenated alkanes) is 10. The van der Waals surface area contributed by atoms with Gasteiger partial charge in [-0.15, -0.1) is 0 Å². The molecule has 0 saturated carbocycles. The van der Waals surface area contributed by atoms with Gasteiger partial charge in [-0.1, -0.05) is 94.9 Å². The van der Waals surface area contributed by atoms with Crippen molar-refractivity contribution < 1.29 is 14.3 Å². The Bertz CT molecular complexity index is 1630. The highest BCUT2D eigenvalue weighted by Gasteiger charge is 2.35. The van der Waals surface area contributed by atoms with Crippen molar-refractivity contribution in [3.63, 3.8) is 0 Å². The quantitative estimate of drug-likeness (QED) is 0.0774. The summed E-state index contributed by atoms with van der Waals surface area (Å²) in [5, 5.41) is 6.03. The molecule has 0 amide bonds. The van der Waals surface area contributed by atoms with Gasteiger partial charge in [0.05, 0.1) is 24.9 Å². The van der Waals surface area contributed by atoms with Crippen LogP contribution in [-0.4, -0.2) is 37.5 Å². The number of benzene rings is 1. The van der Waals surface area contributed by atoms with E-state index in [0.717, 1.165) is 63.1 Å². The molecule has 0 aliphatic heterocycles. The van der Waals surface area contributed by atoms with E-state index in [0.29, 0.717) is 18.2 Å². The molecular weight excluding hydrogens is 620 g/mol. The molecule has 4 aromatic rings. The Morgan fingerprint density at radius 3 is 2.08 bits per heavy atom. The first kappa shape index (κ1) is 37.7. The summed E-state index contributed by atoms with van der Waals surface area (Å²) in [5.41, 5.74) is 6.93. The molecule has 8 heteroatoms. The Morgan fingerprint density at radius 2 is 1.52 bits per heavy atom. The summed E-state index contributed by atoms with van der Waals surface area (Å²) < 4.78 is 16.6. The number of carbonyl (C=O) groups excluding carboxylic acids is 1. The summed E-state index contributed by atoms with van der Waals surface area (Å²) in [4.78, 5) is 19.2. The maximum absolute atomic E-state index is 14.0. The van der Waals surface area contributed by atoms with E-state index in [1.807, 2.05) is 76.1 Å². The van der Waals surface area contributed by atoms with Crippen molar-refractivity contribution in [2.45, 2.75) is 137 Å². The number of hydrogen-bond acceptors (Lipinski definition) is 5. The monoisotopic (exact) mass is 676 g/mol. The van der Waals surface area contributed by atoms with Gasteiger partial charge in [0, 0.05) is 51.7 Å². The second kappa shape index (κ2) is 17.5. The van der Waals surface area contributed by atoms with Gasteiger partial charge < -0.3 is 14.0 Å². The molecule has 0 aliphatic carbocycles. The summed E-state index contributed by atoms with van der Waals surface area (Å²) >= 11 is 6.36. The first-order valence-electron chi connectivity index (χ1n) is 18.0. The Hall–Kier alpha value is -3.16. The number of aryl methyl sites for hydroxylation is 3. The Labute approximate surface area is 293 Å². The first-order chi connectivity index (χ1) is 22.9. The topological polar surface area (TPSA) is 71.2 Å². The summed E-state index contributed by atoms with van der Waals surface area (Å²) in [7, 11) is 1.93. The molecule has 262 valence electrons. The fourth-order valence-electron chi connectivity index (χ4n) is 6.56. The van der Waals surface area contributed by atoms with Crippen LogP contribution < -0.4 is 0 Å². The van der Waals surface area contributed by atoms with E-state index in [1.165, 1.54) is 57.8 Å². The van der Waals surface area contributed by atoms with Crippen molar-refractivity contribution in [1.29, 1.82) is 0 Å². The van der Waals surface area contributed by atoms with E-state index >= 15 is 0 Å². The van der Waals surface area contributed by atoms with E-state index in [4.69, 9.17) is 26.1 Å². The van der Waals surface area contributed by atoms with Crippen LogP contribution in [0, 0.1) is 20.8 Å². The van der Waals surface area contributed by atoms with E-state index in [-0.39, 0.29) is 5.97 Å². The molecule has 0 aliphatic rings. The average Bonchev–Trinajstić information content (AvgIpc) is 3.55. The molecule has 0 saturated heterocycles. The zero-order valence-electron chi connectivity index (χ0n) is 30.6. The number of pyridine rings is 1. The van der Waals surface area contributed by atoms with E-state index in [1.54, 1.807) is 0 Å². The van der Waals surface area contributed by atoms with Crippen LogP contribution >= 0.6 is 11.6 Å². The molecule has 4 rings (SSSR count). The van der Waals surface area contributed by atoms with Gasteiger partial charge in [0.2, 0.25) is 0 Å². The Balaban J connectivity index is 1.61. The number of carbonyl (C=O) groups is 1. The van der Waals surface area contributed by atoms with Crippen LogP contribution in [0.2, 0.25) is 5.02 Å². The number of esters is 1. The predicted octanol–water partition coefficient (Wildman–Crippen LogP) is 10.8. The lowest BCUT2D eigenvalue weighted by Gasteiger charge is -2.29. The Kier molecular flexibility index (Phi) is 13.7. The molecule has 0 bridgehead atoms. The fraction of sp³-hybridized carbons (Fsp3) is 0.575. The number of halogens is 1. The average molecular weight is 677 g/mol. The van der Waals surface area contributed by atoms with Crippen molar-refractivity contribution in [2.24, 2.45) is 7.05 Å². The summed E-state index contributed by atoms with van der Waals surface area (Å²) in [6.45, 7) is 15.4. The third kappa shape index (κ3) is 9.94. The summed E-state index contributed by atoms with van der Waals surface area (Å²) in [6.07, 6.45) is 16.6. The molecule has 3 aromatic heterocycles. The number of hydrogen-bond donors (Lipinski definition) is 0. The summed E-state index contributed by atoms with van der Waals surface area (Å²) in [5.74, 6) is -0.374. The van der Waals surface area contributed by atoms with Crippen LogP contribution in [0.3, 0.4) is 0 Å². The molecular formula is C40H57ClN4O3. The van der Waals surface area contributed by atoms with Crippen molar-refractivity contribution in [3.8, 4) is 11.1 Å². The third-order valence-electron chi connectivity index (χ3n) is 9.16. The van der Waals surface area contributed by atoms with Crippen LogP contribution in [0.5, 0.6) is 0 Å². The number of ether oxygens (including phenoxy) is 2. The van der Waals surface area contributed by atoms with Crippen LogP contribution in [0.1, 0.15) is 133 Å². The second-order valence-electron chi connectivity index (χ2n) is 14.3. The van der Waals surface area contributed by atoms with Crippen LogP contribution in [0.4, 0.5) is 0 Å². The lowest BCUT2D eigenvalue weighted by Crippen LogP contribution is -2.30. The minimum Gasteiger partial charge on any atom is -0.464 e. The minimum absolute atomic E-state index is 0.374. The minimum atomic E-state index is -0.943. The highest BCUT2D eigenvalue weighted by Crippen LogP contribution is 2.42. The van der Waals surface area contributed by atoms with Crippen molar-refractivity contribution in [2.75, 3.05) is 6.61 Å². The lowest BCUT2D eigenvalue weighted by molar-refractivity contribution is -0.167. The number of nitrogens with zero attached hydrogens (tertiary/aromatic N) is 4. The largest absolute Gasteiger partial charge is 0.464 e. The molecule has 0 radical (unpaired) electrons. The standard InChI is InChI=1S/C40H57ClN4O3/c1-9-10-11-12-13-14-15-16-17-18-19-24-47-39(46)37(48-40(5,6)7)35-29(3)43-38-34(36(35)32-20-22-33(41)23-21-32)28(2)30(4)45(38)27-31-25-42-44(8)26-31/h20-23,25-26,37H,9-19,24,27H2,1-8H3/t37-/m0/s1. The third-order valence-corrected chi connectivity index (χ3v) is 9.41. The van der Waals surface area contributed by atoms with Gasteiger partial charge in [0.15, 0.2) is 6.10 Å². The fourth-order valence-corrected chi connectivity index (χ4v) is 6.68. The van der Waals surface area contributed by atoms with Crippen LogP contribution in [-0.2, 0) is 27.9 Å². The summed E-state index contributed by atoms with van der Waals surface area (Å²) in [6, 6.07) is 7.80. The van der Waals surface area contributed by atoms with Crippen molar-refractivity contribution >= 4 is 28.6 Å². The second-order valence-corrected chi connectivity index (χ2v) is 14.8. The van der Waals surface area contributed by atoms with Gasteiger partial charge in [0.1, 0.15) is 5.65 Å². The van der Waals surface area contributed by atoms with Gasteiger partial charge in [0.25, 0.3) is 0 Å². The highest BCUT2D eigenvalue weighted by atomic mass is 35.5. The van der Waals surface area contributed by atoms with Crippen LogP contribution in [0.25, 0.3) is 22.2 Å². The van der Waals surface area contributed by atoms with Gasteiger partial charge in [-0.05, 0) is 71.2 Å². The SMILES string of the molecule is CCCCCCCCCCCCCOC(=O)[C@@H](OC(C)(C)C)c1c(C)nc2c(c(C)c(C)n2Cc2cnn(C)c2)c1-c1ccc(Cl)cc1. The molecule has 7 nitrogen and oxygen atoms in total. The van der Waals surface area contributed by atoms with Gasteiger partial charge >= 0.3 is 5.97 Å². The zero-order chi connectivity index (χ0) is 34.8. The van der Waals surface area contributed by atoms with E-state index < -0.39 is 11.7 Å². The molecule has 0 fully saturated rings. The maximum Gasteiger partial charge on any atom is 0.340 e. The maximum atomic E-state index is 14.0. The number of fused-ring (bicyclic) bond motifs is 1. The van der Waals surface area contributed by atoms with E-state index in [9.17, 15) is 4.79 Å². The molecule has 0 spiro atoms. The highest BCUT2D eigenvalue weighted by molar-refractivity contribution is 6.30. The van der Waals surface area contributed by atoms with E-state index in [2.05, 4.69) is 30.4 Å². The Morgan fingerprint density at radius 1 is 0.917 bits per heavy atom. The predicted molar refractivity (Wildman–Crippen MR) is 198 cm³/mol. The van der Waals surface area contributed by atoms with Crippen molar-refractivity contribution in [3.05, 3.63) is 69.8 Å². The molecule has 48 heavy (non-hydrogen) atoms.